The molecule has 55 heavy (non-hydrogen) atoms. The zero-order valence-corrected chi connectivity index (χ0v) is 30.8. The molecule has 0 N–H and O–H groups in total. The van der Waals surface area contributed by atoms with Gasteiger partial charge in [0.1, 0.15) is 11.5 Å². The number of nitrogens with zero attached hydrogens (tertiary/aromatic N) is 1. The SMILES string of the molecule is CC1(C)c2ccccc2-c2ccc(N(c3ccccc3)c3cccc4c3-c3cc5ccccc5cc3-c3cc(-c5ccc6ccccc6c5)ccc3O4)cc21. The monoisotopic (exact) mass is 703 g/mol. The van der Waals surface area contributed by atoms with Crippen molar-refractivity contribution in [1.82, 2.24) is 0 Å². The lowest BCUT2D eigenvalue weighted by atomic mass is 9.82. The summed E-state index contributed by atoms with van der Waals surface area (Å²) in [6.45, 7) is 4.70. The van der Waals surface area contributed by atoms with E-state index in [9.17, 15) is 0 Å². The second-order valence-corrected chi connectivity index (χ2v) is 15.3. The Balaban J connectivity index is 1.15. The number of rotatable bonds is 4. The topological polar surface area (TPSA) is 12.5 Å². The van der Waals surface area contributed by atoms with Crippen LogP contribution in [0, 0.1) is 0 Å². The zero-order valence-electron chi connectivity index (χ0n) is 30.8. The van der Waals surface area contributed by atoms with Crippen LogP contribution < -0.4 is 9.64 Å². The summed E-state index contributed by atoms with van der Waals surface area (Å²) in [6, 6.07) is 68.4. The van der Waals surface area contributed by atoms with Crippen LogP contribution >= 0.6 is 0 Å². The van der Waals surface area contributed by atoms with Crippen molar-refractivity contribution in [3.63, 3.8) is 0 Å². The van der Waals surface area contributed by atoms with Crippen LogP contribution in [0.1, 0.15) is 25.0 Å². The smallest absolute Gasteiger partial charge is 0.137 e. The highest BCUT2D eigenvalue weighted by Gasteiger charge is 2.36. The number of ether oxygens (including phenoxy) is 1. The molecule has 0 atom stereocenters. The first-order chi connectivity index (χ1) is 27.0. The van der Waals surface area contributed by atoms with Crippen LogP contribution in [-0.2, 0) is 5.41 Å². The molecule has 2 aliphatic rings. The van der Waals surface area contributed by atoms with Gasteiger partial charge in [0.05, 0.1) is 5.69 Å². The van der Waals surface area contributed by atoms with Gasteiger partial charge in [0, 0.05) is 27.9 Å². The minimum absolute atomic E-state index is 0.128. The van der Waals surface area contributed by atoms with E-state index in [-0.39, 0.29) is 5.41 Å². The van der Waals surface area contributed by atoms with E-state index < -0.39 is 0 Å². The van der Waals surface area contributed by atoms with E-state index in [2.05, 4.69) is 207 Å². The van der Waals surface area contributed by atoms with E-state index in [1.54, 1.807) is 0 Å². The summed E-state index contributed by atoms with van der Waals surface area (Å²) in [6.07, 6.45) is 0. The molecule has 9 aromatic rings. The van der Waals surface area contributed by atoms with Crippen molar-refractivity contribution in [1.29, 1.82) is 0 Å². The molecule has 0 spiro atoms. The first-order valence-electron chi connectivity index (χ1n) is 19.1. The Morgan fingerprint density at radius 1 is 0.382 bits per heavy atom. The third-order valence-electron chi connectivity index (χ3n) is 11.8. The molecule has 9 aromatic carbocycles. The Bertz CT molecular complexity index is 2990. The Hall–Kier alpha value is -6.90. The molecular formula is C53H37NO. The maximum atomic E-state index is 7.06. The van der Waals surface area contributed by atoms with Crippen LogP contribution in [0.4, 0.5) is 17.1 Å². The van der Waals surface area contributed by atoms with E-state index >= 15 is 0 Å². The molecule has 1 heterocycles. The van der Waals surface area contributed by atoms with Crippen molar-refractivity contribution in [2.75, 3.05) is 4.90 Å². The number of benzene rings is 9. The van der Waals surface area contributed by atoms with Gasteiger partial charge in [-0.1, -0.05) is 135 Å². The van der Waals surface area contributed by atoms with E-state index in [1.165, 1.54) is 49.4 Å². The molecule has 0 radical (unpaired) electrons. The van der Waals surface area contributed by atoms with Crippen molar-refractivity contribution >= 4 is 38.6 Å². The maximum Gasteiger partial charge on any atom is 0.137 e. The van der Waals surface area contributed by atoms with Gasteiger partial charge in [-0.05, 0) is 133 Å². The molecule has 0 amide bonds. The number of para-hydroxylation sites is 1. The van der Waals surface area contributed by atoms with Gasteiger partial charge in [-0.15, -0.1) is 0 Å². The molecule has 260 valence electrons. The Morgan fingerprint density at radius 3 is 1.85 bits per heavy atom. The molecule has 1 aliphatic carbocycles. The largest absolute Gasteiger partial charge is 0.456 e. The summed E-state index contributed by atoms with van der Waals surface area (Å²) < 4.78 is 7.06. The highest BCUT2D eigenvalue weighted by molar-refractivity contribution is 6.05. The third-order valence-corrected chi connectivity index (χ3v) is 11.8. The molecule has 0 saturated carbocycles. The average Bonchev–Trinajstić information content (AvgIpc) is 3.36. The average molecular weight is 704 g/mol. The lowest BCUT2D eigenvalue weighted by molar-refractivity contribution is 0.488. The van der Waals surface area contributed by atoms with Crippen LogP contribution in [0.3, 0.4) is 0 Å². The van der Waals surface area contributed by atoms with Gasteiger partial charge in [-0.2, -0.15) is 0 Å². The highest BCUT2D eigenvalue weighted by atomic mass is 16.5. The Labute approximate surface area is 321 Å². The van der Waals surface area contributed by atoms with Gasteiger partial charge in [-0.25, -0.2) is 0 Å². The molecule has 0 fully saturated rings. The summed E-state index contributed by atoms with van der Waals surface area (Å²) in [7, 11) is 0. The van der Waals surface area contributed by atoms with Crippen molar-refractivity contribution in [2.24, 2.45) is 0 Å². The van der Waals surface area contributed by atoms with E-state index in [0.29, 0.717) is 0 Å². The quantitative estimate of drug-likeness (QED) is 0.181. The fraction of sp³-hybridized carbons (Fsp3) is 0.0566. The fourth-order valence-corrected chi connectivity index (χ4v) is 9.06. The van der Waals surface area contributed by atoms with Gasteiger partial charge in [-0.3, -0.25) is 0 Å². The highest BCUT2D eigenvalue weighted by Crippen LogP contribution is 2.55. The van der Waals surface area contributed by atoms with E-state index in [1.807, 2.05) is 0 Å². The summed E-state index contributed by atoms with van der Waals surface area (Å²) in [4.78, 5) is 2.41. The number of anilines is 3. The van der Waals surface area contributed by atoms with Gasteiger partial charge < -0.3 is 9.64 Å². The standard InChI is InChI=1S/C53H37NO/c1-53(2)47-20-11-10-19-42(47)43-27-26-41(33-48(43)53)54(40-17-4-3-5-18-40)49-21-12-22-51-52(49)46-32-37-16-9-8-15-36(37)30-44(46)45-31-39(25-28-50(45)55-51)38-24-23-34-13-6-7-14-35(34)29-38/h3-33H,1-2H3. The first-order valence-corrected chi connectivity index (χ1v) is 19.1. The molecule has 0 bridgehead atoms. The van der Waals surface area contributed by atoms with Crippen molar-refractivity contribution < 1.29 is 4.74 Å². The van der Waals surface area contributed by atoms with E-state index in [4.69, 9.17) is 4.74 Å². The van der Waals surface area contributed by atoms with Crippen LogP contribution in [0.15, 0.2) is 188 Å². The lowest BCUT2D eigenvalue weighted by Crippen LogP contribution is -2.17. The molecule has 1 aliphatic heterocycles. The normalized spacial score (nSPS) is 13.2. The Morgan fingerprint density at radius 2 is 1.04 bits per heavy atom. The molecule has 2 nitrogen and oxygen atoms in total. The second-order valence-electron chi connectivity index (χ2n) is 15.3. The van der Waals surface area contributed by atoms with Crippen LogP contribution in [0.25, 0.3) is 66.1 Å². The number of hydrogen-bond donors (Lipinski definition) is 0. The predicted molar refractivity (Wildman–Crippen MR) is 230 cm³/mol. The molecule has 11 rings (SSSR count). The lowest BCUT2D eigenvalue weighted by Gasteiger charge is -2.30. The van der Waals surface area contributed by atoms with Crippen molar-refractivity contribution in [3.05, 3.63) is 199 Å². The molecule has 0 saturated heterocycles. The summed E-state index contributed by atoms with van der Waals surface area (Å²) in [5.41, 5.74) is 15.3. The maximum absolute atomic E-state index is 7.06. The summed E-state index contributed by atoms with van der Waals surface area (Å²) in [5, 5.41) is 4.86. The van der Waals surface area contributed by atoms with Gasteiger partial charge in [0.2, 0.25) is 0 Å². The van der Waals surface area contributed by atoms with Crippen LogP contribution in [0.5, 0.6) is 11.5 Å². The van der Waals surface area contributed by atoms with E-state index in [0.717, 1.165) is 56.4 Å². The molecule has 0 unspecified atom stereocenters. The van der Waals surface area contributed by atoms with Gasteiger partial charge in [0.25, 0.3) is 0 Å². The number of fused-ring (bicyclic) bond motifs is 10. The van der Waals surface area contributed by atoms with Crippen LogP contribution in [0.2, 0.25) is 0 Å². The molecule has 2 heteroatoms. The fourth-order valence-electron chi connectivity index (χ4n) is 9.06. The van der Waals surface area contributed by atoms with Crippen LogP contribution in [-0.4, -0.2) is 0 Å². The minimum Gasteiger partial charge on any atom is -0.456 e. The first kappa shape index (κ1) is 31.6. The summed E-state index contributed by atoms with van der Waals surface area (Å²) in [5.74, 6) is 1.68. The van der Waals surface area contributed by atoms with Gasteiger partial charge >= 0.3 is 0 Å². The third kappa shape index (κ3) is 4.95. The molecular weight excluding hydrogens is 667 g/mol. The second kappa shape index (κ2) is 12.1. The zero-order chi connectivity index (χ0) is 36.7. The number of hydrogen-bond acceptors (Lipinski definition) is 2. The Kier molecular flexibility index (Phi) is 6.93. The van der Waals surface area contributed by atoms with Crippen molar-refractivity contribution in [3.8, 4) is 56.0 Å². The molecule has 0 aromatic heterocycles. The van der Waals surface area contributed by atoms with Crippen molar-refractivity contribution in [2.45, 2.75) is 19.3 Å². The minimum atomic E-state index is -0.128. The summed E-state index contributed by atoms with van der Waals surface area (Å²) >= 11 is 0. The predicted octanol–water partition coefficient (Wildman–Crippen LogP) is 14.9. The van der Waals surface area contributed by atoms with Gasteiger partial charge in [0.15, 0.2) is 0 Å².